The number of nitrogens with zero attached hydrogens (tertiary/aromatic N) is 4. The van der Waals surface area contributed by atoms with E-state index >= 15 is 0 Å². The van der Waals surface area contributed by atoms with E-state index in [9.17, 15) is 9.36 Å². The zero-order chi connectivity index (χ0) is 35.9. The van der Waals surface area contributed by atoms with Gasteiger partial charge in [-0.05, 0) is 58.5 Å². The van der Waals surface area contributed by atoms with E-state index in [0.717, 1.165) is 24.3 Å². The van der Waals surface area contributed by atoms with Crippen LogP contribution in [0.1, 0.15) is 137 Å². The van der Waals surface area contributed by atoms with Gasteiger partial charge in [0.15, 0.2) is 11.5 Å². The molecule has 0 saturated carbocycles. The zero-order valence-electron chi connectivity index (χ0n) is 30.9. The molecule has 2 heterocycles. The smallest absolute Gasteiger partial charge is 0.323 e. The van der Waals surface area contributed by atoms with Crippen molar-refractivity contribution in [3.8, 4) is 0 Å². The number of ether oxygens (including phenoxy) is 2. The van der Waals surface area contributed by atoms with Crippen LogP contribution in [0, 0.1) is 0 Å². The van der Waals surface area contributed by atoms with E-state index in [1.807, 2.05) is 11.5 Å². The van der Waals surface area contributed by atoms with Gasteiger partial charge in [0.2, 0.25) is 0 Å². The number of carbonyl (C=O) groups is 1. The number of hydrogen-bond acceptors (Lipinski definition) is 10. The first-order chi connectivity index (χ1) is 23.5. The molecule has 0 aliphatic heterocycles. The number of rotatable bonds is 30. The Balaban J connectivity index is 1.66. The number of hydrogen-bond donors (Lipinski definition) is 2. The Morgan fingerprint density at radius 1 is 0.898 bits per heavy atom. The molecule has 3 N–H and O–H groups in total. The topological polar surface area (TPSA) is 143 Å². The van der Waals surface area contributed by atoms with E-state index in [2.05, 4.69) is 27.0 Å². The second-order valence-electron chi connectivity index (χ2n) is 13.4. The highest BCUT2D eigenvalue weighted by atomic mass is 32.8. The van der Waals surface area contributed by atoms with Gasteiger partial charge in [-0.15, -0.1) is 9.45 Å². The van der Waals surface area contributed by atoms with Gasteiger partial charge in [0.25, 0.3) is 7.52 Å². The summed E-state index contributed by atoms with van der Waals surface area (Å²) in [6.07, 6.45) is 22.8. The van der Waals surface area contributed by atoms with E-state index in [-0.39, 0.29) is 34.6 Å². The number of nitrogen functional groups attached to an aromatic ring is 1. The third kappa shape index (κ3) is 19.1. The van der Waals surface area contributed by atoms with E-state index < -0.39 is 19.5 Å². The Labute approximate surface area is 303 Å². The molecule has 0 aliphatic rings. The number of anilines is 1. The van der Waals surface area contributed by atoms with Crippen molar-refractivity contribution in [1.82, 2.24) is 24.6 Å². The first-order valence-electron chi connectivity index (χ1n) is 18.6. The average molecular weight is 745 g/mol. The van der Waals surface area contributed by atoms with Gasteiger partial charge in [-0.2, -0.15) is 0 Å². The average Bonchev–Trinajstić information content (AvgIpc) is 3.47. The molecular weight excluding hydrogens is 680 g/mol. The van der Waals surface area contributed by atoms with E-state index in [1.54, 1.807) is 27.1 Å². The van der Waals surface area contributed by atoms with Gasteiger partial charge < -0.3 is 24.3 Å². The molecule has 2 aromatic rings. The SMILES string of the molecule is CCCCCCCCCCCCCCCCS(=S)CCCCOP(=O)(CO[C@H](C)Cn1cnc2c(N)ncnc21)N[C@@H](C)C(=O)OC(C)C. The fourth-order valence-corrected chi connectivity index (χ4v) is 9.28. The van der Waals surface area contributed by atoms with E-state index in [4.69, 9.17) is 30.9 Å². The third-order valence-electron chi connectivity index (χ3n) is 8.30. The minimum atomic E-state index is -3.55. The van der Waals surface area contributed by atoms with Crippen molar-refractivity contribution < 1.29 is 23.4 Å². The molecule has 11 nitrogen and oxygen atoms in total. The van der Waals surface area contributed by atoms with Gasteiger partial charge in [0, 0.05) is 0 Å². The summed E-state index contributed by atoms with van der Waals surface area (Å²) in [5.74, 6) is 1.87. The quantitative estimate of drug-likeness (QED) is 0.0453. The lowest BCUT2D eigenvalue weighted by Crippen LogP contribution is -2.36. The maximum atomic E-state index is 13.9. The first kappa shape index (κ1) is 43.7. The minimum absolute atomic E-state index is 0.0364. The fourth-order valence-electron chi connectivity index (χ4n) is 5.52. The van der Waals surface area contributed by atoms with Crippen molar-refractivity contribution in [2.24, 2.45) is 0 Å². The molecule has 0 aromatic carbocycles. The second-order valence-corrected chi connectivity index (χ2v) is 18.7. The zero-order valence-corrected chi connectivity index (χ0v) is 33.4. The number of nitrogens with one attached hydrogen (secondary N) is 1. The number of aromatic nitrogens is 4. The highest BCUT2D eigenvalue weighted by molar-refractivity contribution is 8.28. The number of fused-ring (bicyclic) bond motifs is 1. The third-order valence-corrected chi connectivity index (χ3v) is 12.7. The van der Waals surface area contributed by atoms with Gasteiger partial charge in [-0.25, -0.2) is 20.0 Å². The Hall–Kier alpha value is -1.50. The van der Waals surface area contributed by atoms with Gasteiger partial charge in [0.1, 0.15) is 24.2 Å². The van der Waals surface area contributed by atoms with Crippen LogP contribution in [0.5, 0.6) is 0 Å². The molecule has 0 fully saturated rings. The Morgan fingerprint density at radius 2 is 1.47 bits per heavy atom. The molecule has 14 heteroatoms. The molecule has 2 aromatic heterocycles. The van der Waals surface area contributed by atoms with Gasteiger partial charge in [-0.1, -0.05) is 102 Å². The van der Waals surface area contributed by atoms with Crippen molar-refractivity contribution in [2.75, 3.05) is 30.2 Å². The van der Waals surface area contributed by atoms with Gasteiger partial charge in [-0.3, -0.25) is 9.36 Å². The van der Waals surface area contributed by atoms with Crippen LogP contribution in [0.15, 0.2) is 12.7 Å². The number of nitrogens with two attached hydrogens (primary N) is 1. The Bertz CT molecular complexity index is 1270. The Morgan fingerprint density at radius 3 is 2.06 bits per heavy atom. The van der Waals surface area contributed by atoms with Crippen LogP contribution >= 0.6 is 7.52 Å². The van der Waals surface area contributed by atoms with Crippen LogP contribution in [0.25, 0.3) is 11.2 Å². The monoisotopic (exact) mass is 744 g/mol. The summed E-state index contributed by atoms with van der Waals surface area (Å²) in [7, 11) is -3.59. The van der Waals surface area contributed by atoms with E-state index in [1.165, 1.54) is 96.2 Å². The lowest BCUT2D eigenvalue weighted by molar-refractivity contribution is -0.149. The molecule has 0 aliphatic carbocycles. The number of esters is 1. The molecule has 2 unspecified atom stereocenters. The number of imidazole rings is 1. The van der Waals surface area contributed by atoms with Crippen molar-refractivity contribution in [3.63, 3.8) is 0 Å². The van der Waals surface area contributed by atoms with Crippen LogP contribution < -0.4 is 10.8 Å². The van der Waals surface area contributed by atoms with E-state index in [0.29, 0.717) is 23.5 Å². The number of unbranched alkanes of at least 4 members (excludes halogenated alkanes) is 14. The van der Waals surface area contributed by atoms with Crippen LogP contribution in [-0.2, 0) is 50.5 Å². The Kier molecular flexibility index (Phi) is 22.7. The molecule has 282 valence electrons. The lowest BCUT2D eigenvalue weighted by atomic mass is 10.0. The maximum absolute atomic E-state index is 13.9. The molecule has 49 heavy (non-hydrogen) atoms. The highest BCUT2D eigenvalue weighted by Gasteiger charge is 2.30. The maximum Gasteiger partial charge on any atom is 0.323 e. The fraction of sp³-hybridized carbons (Fsp3) is 0.829. The number of carbonyl (C=O) groups excluding carboxylic acids is 1. The molecular formula is C35H65N6O5PS2. The predicted octanol–water partition coefficient (Wildman–Crippen LogP) is 8.25. The summed E-state index contributed by atoms with van der Waals surface area (Å²) >= 11 is 5.75. The standard InChI is InChI=1S/C35H65N6O5PS2/c1-6-7-8-9-10-11-12-13-14-15-16-17-18-20-23-49(48)24-21-19-22-45-47(43,40-31(5)35(42)46-29(2)3)28-44-30(4)25-41-27-39-32-33(36)37-26-38-34(32)41/h26-27,29-31H,6-25,28H2,1-5H3,(H,40,43)(H2,36,37,38)/t30-,31+,47?,49?/m1/s1. The summed E-state index contributed by atoms with van der Waals surface area (Å²) in [5, 5.41) is 2.88. The van der Waals surface area contributed by atoms with Gasteiger partial charge in [0.05, 0.1) is 31.7 Å². The van der Waals surface area contributed by atoms with Crippen molar-refractivity contribution in [2.45, 2.75) is 162 Å². The van der Waals surface area contributed by atoms with Gasteiger partial charge >= 0.3 is 5.97 Å². The van der Waals surface area contributed by atoms with Crippen LogP contribution in [-0.4, -0.2) is 68.2 Å². The van der Waals surface area contributed by atoms with Crippen LogP contribution in [0.2, 0.25) is 0 Å². The van der Waals surface area contributed by atoms with Crippen molar-refractivity contribution in [1.29, 1.82) is 0 Å². The normalized spacial score (nSPS) is 15.0. The molecule has 0 spiro atoms. The van der Waals surface area contributed by atoms with Crippen molar-refractivity contribution in [3.05, 3.63) is 12.7 Å². The van der Waals surface area contributed by atoms with Crippen LogP contribution in [0.4, 0.5) is 5.82 Å². The summed E-state index contributed by atoms with van der Waals surface area (Å²) in [6.45, 7) is 9.98. The first-order valence-corrected chi connectivity index (χ1v) is 22.9. The van der Waals surface area contributed by atoms with Crippen molar-refractivity contribution >= 4 is 51.1 Å². The molecule has 0 saturated heterocycles. The predicted molar refractivity (Wildman–Crippen MR) is 207 cm³/mol. The highest BCUT2D eigenvalue weighted by Crippen LogP contribution is 2.43. The van der Waals surface area contributed by atoms with Crippen LogP contribution in [0.3, 0.4) is 0 Å². The summed E-state index contributed by atoms with van der Waals surface area (Å²) in [5.41, 5.74) is 7.02. The summed E-state index contributed by atoms with van der Waals surface area (Å²) in [4.78, 5) is 25.0. The lowest BCUT2D eigenvalue weighted by Gasteiger charge is -2.25. The minimum Gasteiger partial charge on any atom is -0.462 e. The second kappa shape index (κ2) is 25.5. The summed E-state index contributed by atoms with van der Waals surface area (Å²) < 4.78 is 32.9. The molecule has 0 bridgehead atoms. The molecule has 4 atom stereocenters. The molecule has 0 radical (unpaired) electrons. The summed E-state index contributed by atoms with van der Waals surface area (Å²) in [6, 6.07) is -0.826. The molecule has 0 amide bonds. The molecule has 2 rings (SSSR count). The largest absolute Gasteiger partial charge is 0.462 e.